The molecular formula is C23H23N3O4. The van der Waals surface area contributed by atoms with Gasteiger partial charge in [-0.05, 0) is 36.2 Å². The summed E-state index contributed by atoms with van der Waals surface area (Å²) >= 11 is 0. The zero-order valence-electron chi connectivity index (χ0n) is 16.6. The molecule has 3 rings (SSSR count). The molecule has 0 atom stereocenters. The number of hydrogen-bond acceptors (Lipinski definition) is 5. The van der Waals surface area contributed by atoms with Crippen molar-refractivity contribution in [2.45, 2.75) is 13.3 Å². The monoisotopic (exact) mass is 405 g/mol. The first-order chi connectivity index (χ1) is 14.7. The molecule has 0 unspecified atom stereocenters. The lowest BCUT2D eigenvalue weighted by Crippen LogP contribution is -2.44. The van der Waals surface area contributed by atoms with Crippen LogP contribution in [0.1, 0.15) is 28.4 Å². The van der Waals surface area contributed by atoms with Gasteiger partial charge in [-0.15, -0.1) is 0 Å². The van der Waals surface area contributed by atoms with Crippen LogP contribution < -0.4 is 20.3 Å². The number of carbonyl (C=O) groups excluding carboxylic acids is 2. The van der Waals surface area contributed by atoms with Gasteiger partial charge in [-0.2, -0.15) is 0 Å². The Bertz CT molecular complexity index is 993. The maximum Gasteiger partial charge on any atom is 0.276 e. The van der Waals surface area contributed by atoms with Crippen LogP contribution in [-0.2, 0) is 11.2 Å². The van der Waals surface area contributed by atoms with Gasteiger partial charge in [0, 0.05) is 12.6 Å². The topological polar surface area (TPSA) is 89.5 Å². The maximum atomic E-state index is 12.3. The van der Waals surface area contributed by atoms with Crippen LogP contribution in [-0.4, -0.2) is 30.0 Å². The number of aromatic nitrogens is 1. The molecule has 0 aliphatic rings. The van der Waals surface area contributed by atoms with Crippen LogP contribution in [0.5, 0.6) is 11.6 Å². The Labute approximate surface area is 175 Å². The van der Waals surface area contributed by atoms with Gasteiger partial charge in [0.2, 0.25) is 5.88 Å². The molecule has 2 N–H and O–H groups in total. The number of pyridine rings is 1. The molecule has 3 aromatic rings. The van der Waals surface area contributed by atoms with E-state index in [1.165, 1.54) is 6.20 Å². The molecule has 1 heterocycles. The Kier molecular flexibility index (Phi) is 7.38. The Hall–Kier alpha value is -3.87. The van der Waals surface area contributed by atoms with Crippen molar-refractivity contribution in [3.05, 3.63) is 89.6 Å². The van der Waals surface area contributed by atoms with Crippen molar-refractivity contribution < 1.29 is 19.1 Å². The molecular weight excluding hydrogens is 382 g/mol. The highest BCUT2D eigenvalue weighted by molar-refractivity contribution is 5.97. The summed E-state index contributed by atoms with van der Waals surface area (Å²) in [6.07, 6.45) is 2.22. The van der Waals surface area contributed by atoms with Crippen molar-refractivity contribution in [2.75, 3.05) is 13.2 Å². The highest BCUT2D eigenvalue weighted by Crippen LogP contribution is 2.21. The van der Waals surface area contributed by atoms with Crippen LogP contribution in [0.25, 0.3) is 0 Å². The van der Waals surface area contributed by atoms with Crippen LogP contribution in [0, 0.1) is 0 Å². The summed E-state index contributed by atoms with van der Waals surface area (Å²) in [7, 11) is 0. The first-order valence-corrected chi connectivity index (χ1v) is 9.59. The van der Waals surface area contributed by atoms with E-state index < -0.39 is 11.8 Å². The normalized spacial score (nSPS) is 10.2. The molecule has 154 valence electrons. The minimum absolute atomic E-state index is 0.206. The van der Waals surface area contributed by atoms with Gasteiger partial charge in [0.25, 0.3) is 11.8 Å². The van der Waals surface area contributed by atoms with Crippen molar-refractivity contribution in [2.24, 2.45) is 0 Å². The molecule has 2 aromatic carbocycles. The zero-order chi connectivity index (χ0) is 21.2. The minimum Gasteiger partial charge on any atom is -0.483 e. The molecule has 7 nitrogen and oxygen atoms in total. The fraction of sp³-hybridized carbons (Fsp3) is 0.174. The van der Waals surface area contributed by atoms with Gasteiger partial charge in [-0.25, -0.2) is 4.98 Å². The van der Waals surface area contributed by atoms with Crippen LogP contribution in [0.4, 0.5) is 0 Å². The van der Waals surface area contributed by atoms with Crippen molar-refractivity contribution >= 4 is 11.8 Å². The summed E-state index contributed by atoms with van der Waals surface area (Å²) in [6.45, 7) is 1.93. The summed E-state index contributed by atoms with van der Waals surface area (Å²) in [4.78, 5) is 28.4. The smallest absolute Gasteiger partial charge is 0.276 e. The Balaban J connectivity index is 1.54. The van der Waals surface area contributed by atoms with E-state index in [2.05, 4.69) is 15.8 Å². The largest absolute Gasteiger partial charge is 0.483 e. The summed E-state index contributed by atoms with van der Waals surface area (Å²) < 4.78 is 11.0. The van der Waals surface area contributed by atoms with Crippen LogP contribution in [0.15, 0.2) is 72.9 Å². The maximum absolute atomic E-state index is 12.3. The van der Waals surface area contributed by atoms with Gasteiger partial charge in [0.05, 0.1) is 6.61 Å². The first kappa shape index (κ1) is 20.9. The predicted molar refractivity (Wildman–Crippen MR) is 112 cm³/mol. The van der Waals surface area contributed by atoms with Gasteiger partial charge < -0.3 is 9.47 Å². The van der Waals surface area contributed by atoms with Crippen molar-refractivity contribution in [1.29, 1.82) is 0 Å². The van der Waals surface area contributed by atoms with E-state index in [9.17, 15) is 9.59 Å². The fourth-order valence-corrected chi connectivity index (χ4v) is 2.80. The van der Waals surface area contributed by atoms with Crippen LogP contribution in [0.3, 0.4) is 0 Å². The summed E-state index contributed by atoms with van der Waals surface area (Å²) in [5, 5.41) is 0. The number of benzene rings is 2. The fourth-order valence-electron chi connectivity index (χ4n) is 2.80. The predicted octanol–water partition coefficient (Wildman–Crippen LogP) is 2.91. The molecule has 0 aliphatic heterocycles. The van der Waals surface area contributed by atoms with Crippen molar-refractivity contribution in [1.82, 2.24) is 15.8 Å². The first-order valence-electron chi connectivity index (χ1n) is 9.59. The number of amides is 2. The van der Waals surface area contributed by atoms with E-state index in [1.807, 2.05) is 54.6 Å². The van der Waals surface area contributed by atoms with E-state index in [4.69, 9.17) is 9.47 Å². The summed E-state index contributed by atoms with van der Waals surface area (Å²) in [5.41, 5.74) is 7.04. The molecule has 0 fully saturated rings. The molecule has 0 radical (unpaired) electrons. The van der Waals surface area contributed by atoms with Crippen LogP contribution in [0.2, 0.25) is 0 Å². The summed E-state index contributed by atoms with van der Waals surface area (Å²) in [5.74, 6) is -0.185. The average Bonchev–Trinajstić information content (AvgIpc) is 2.78. The van der Waals surface area contributed by atoms with Gasteiger partial charge in [-0.3, -0.25) is 20.4 Å². The second kappa shape index (κ2) is 10.6. The molecule has 7 heteroatoms. The van der Waals surface area contributed by atoms with E-state index >= 15 is 0 Å². The number of para-hydroxylation sites is 1. The zero-order valence-corrected chi connectivity index (χ0v) is 16.6. The van der Waals surface area contributed by atoms with E-state index in [1.54, 1.807) is 19.1 Å². The lowest BCUT2D eigenvalue weighted by molar-refractivity contribution is -0.123. The molecule has 1 aromatic heterocycles. The second-order valence-corrected chi connectivity index (χ2v) is 6.35. The molecule has 30 heavy (non-hydrogen) atoms. The number of hydrazine groups is 1. The third-order valence-electron chi connectivity index (χ3n) is 4.18. The number of hydrogen-bond donors (Lipinski definition) is 2. The second-order valence-electron chi connectivity index (χ2n) is 6.35. The van der Waals surface area contributed by atoms with E-state index in [0.29, 0.717) is 18.8 Å². The van der Waals surface area contributed by atoms with Crippen LogP contribution >= 0.6 is 0 Å². The Morgan fingerprint density at radius 2 is 1.67 bits per heavy atom. The Morgan fingerprint density at radius 3 is 2.47 bits per heavy atom. The van der Waals surface area contributed by atoms with Gasteiger partial charge in [0.1, 0.15) is 11.3 Å². The number of rotatable bonds is 8. The molecule has 0 aliphatic carbocycles. The van der Waals surface area contributed by atoms with Gasteiger partial charge in [-0.1, -0.05) is 48.5 Å². The van der Waals surface area contributed by atoms with E-state index in [-0.39, 0.29) is 18.1 Å². The number of carbonyl (C=O) groups is 2. The molecule has 0 saturated carbocycles. The third kappa shape index (κ3) is 5.81. The summed E-state index contributed by atoms with van der Waals surface area (Å²) in [6, 6.07) is 20.7. The molecule has 2 amide bonds. The Morgan fingerprint density at radius 1 is 0.900 bits per heavy atom. The van der Waals surface area contributed by atoms with Gasteiger partial charge >= 0.3 is 0 Å². The highest BCUT2D eigenvalue weighted by atomic mass is 16.5. The molecule has 0 saturated heterocycles. The van der Waals surface area contributed by atoms with Crippen molar-refractivity contribution in [3.63, 3.8) is 0 Å². The van der Waals surface area contributed by atoms with E-state index in [0.717, 1.165) is 11.1 Å². The molecule has 0 bridgehead atoms. The average molecular weight is 405 g/mol. The third-order valence-corrected chi connectivity index (χ3v) is 4.18. The lowest BCUT2D eigenvalue weighted by Gasteiger charge is -2.13. The number of nitrogens with zero attached hydrogens (tertiary/aromatic N) is 1. The molecule has 0 spiro atoms. The quantitative estimate of drug-likeness (QED) is 0.563. The van der Waals surface area contributed by atoms with Gasteiger partial charge in [0.15, 0.2) is 6.61 Å². The standard InChI is InChI=1S/C23H23N3O4/c1-2-29-23-19(12-8-14-24-23)22(28)26-25-21(27)16-30-20-13-7-6-11-18(20)15-17-9-4-3-5-10-17/h3-14H,2,15-16H2,1H3,(H,25,27)(H,26,28). The minimum atomic E-state index is -0.524. The lowest BCUT2D eigenvalue weighted by atomic mass is 10.0. The number of ether oxygens (including phenoxy) is 2. The number of nitrogens with one attached hydrogen (secondary N) is 2. The SMILES string of the molecule is CCOc1ncccc1C(=O)NNC(=O)COc1ccccc1Cc1ccccc1. The van der Waals surface area contributed by atoms with Crippen molar-refractivity contribution in [3.8, 4) is 11.6 Å². The highest BCUT2D eigenvalue weighted by Gasteiger charge is 2.14.